The second kappa shape index (κ2) is 7.68. The highest BCUT2D eigenvalue weighted by molar-refractivity contribution is 5.71. The Morgan fingerprint density at radius 3 is 2.58 bits per heavy atom. The van der Waals surface area contributed by atoms with Gasteiger partial charge in [0.25, 0.3) is 0 Å². The van der Waals surface area contributed by atoms with Crippen LogP contribution in [-0.4, -0.2) is 16.6 Å². The molecule has 0 aromatic carbocycles. The Morgan fingerprint density at radius 2 is 2.05 bits per heavy atom. The first-order valence-electron chi connectivity index (χ1n) is 7.62. The Labute approximate surface area is 117 Å². The van der Waals surface area contributed by atoms with E-state index in [2.05, 4.69) is 6.58 Å². The lowest BCUT2D eigenvalue weighted by molar-refractivity contribution is -0.145. The average molecular weight is 267 g/mol. The zero-order valence-corrected chi connectivity index (χ0v) is 12.2. The fourth-order valence-corrected chi connectivity index (χ4v) is 3.35. The van der Waals surface area contributed by atoms with Gasteiger partial charge in [-0.1, -0.05) is 31.8 Å². The Bertz CT molecular complexity index is 293. The number of carboxylic acids is 1. The van der Waals surface area contributed by atoms with Crippen LogP contribution in [0.4, 0.5) is 0 Å². The molecule has 0 amide bonds. The molecule has 2 atom stereocenters. The summed E-state index contributed by atoms with van der Waals surface area (Å²) < 4.78 is 0. The predicted molar refractivity (Wildman–Crippen MR) is 79.0 cm³/mol. The van der Waals surface area contributed by atoms with E-state index in [0.29, 0.717) is 12.3 Å². The summed E-state index contributed by atoms with van der Waals surface area (Å²) in [6.45, 7) is 5.65. The van der Waals surface area contributed by atoms with Crippen molar-refractivity contribution in [3.8, 4) is 0 Å². The molecule has 0 radical (unpaired) electrons. The van der Waals surface area contributed by atoms with Gasteiger partial charge >= 0.3 is 5.97 Å². The van der Waals surface area contributed by atoms with Crippen molar-refractivity contribution in [3.05, 3.63) is 12.7 Å². The molecule has 110 valence electrons. The van der Waals surface area contributed by atoms with Crippen molar-refractivity contribution in [1.29, 1.82) is 0 Å². The van der Waals surface area contributed by atoms with E-state index in [-0.39, 0.29) is 0 Å². The summed E-state index contributed by atoms with van der Waals surface area (Å²) in [7, 11) is 0. The van der Waals surface area contributed by atoms with E-state index in [0.717, 1.165) is 32.1 Å². The highest BCUT2D eigenvalue weighted by Crippen LogP contribution is 2.37. The number of aliphatic carboxylic acids is 1. The summed E-state index contributed by atoms with van der Waals surface area (Å²) in [6, 6.07) is 0. The van der Waals surface area contributed by atoms with Crippen molar-refractivity contribution < 1.29 is 9.90 Å². The molecule has 0 bridgehead atoms. The van der Waals surface area contributed by atoms with Gasteiger partial charge in [-0.25, -0.2) is 0 Å². The van der Waals surface area contributed by atoms with Gasteiger partial charge in [-0.3, -0.25) is 4.79 Å². The lowest BCUT2D eigenvalue weighted by Gasteiger charge is -2.41. The minimum atomic E-state index is -0.728. The van der Waals surface area contributed by atoms with Gasteiger partial charge in [-0.15, -0.1) is 6.58 Å². The largest absolute Gasteiger partial charge is 0.481 e. The number of hydrogen-bond donors (Lipinski definition) is 2. The standard InChI is InChI=1S/C16H29NO2/c1-3-4-5-9-12-14(15(18)19)16(2,17)13-10-7-6-8-11-13/h3,13-14H,1,4-12,17H2,2H3,(H,18,19). The normalized spacial score (nSPS) is 21.6. The smallest absolute Gasteiger partial charge is 0.308 e. The highest BCUT2D eigenvalue weighted by atomic mass is 16.4. The molecule has 1 fully saturated rings. The molecule has 0 saturated heterocycles. The maximum absolute atomic E-state index is 11.6. The number of allylic oxidation sites excluding steroid dienone is 1. The molecule has 0 aromatic rings. The first-order valence-corrected chi connectivity index (χ1v) is 7.62. The van der Waals surface area contributed by atoms with Crippen LogP contribution in [0.15, 0.2) is 12.7 Å². The number of hydrogen-bond acceptors (Lipinski definition) is 2. The Balaban J connectivity index is 2.61. The van der Waals surface area contributed by atoms with Crippen molar-refractivity contribution in [2.24, 2.45) is 17.6 Å². The van der Waals surface area contributed by atoms with E-state index in [1.807, 2.05) is 13.0 Å². The van der Waals surface area contributed by atoms with Crippen molar-refractivity contribution in [2.45, 2.75) is 70.3 Å². The zero-order chi connectivity index (χ0) is 14.3. The highest BCUT2D eigenvalue weighted by Gasteiger charge is 2.41. The number of carbonyl (C=O) groups is 1. The SMILES string of the molecule is C=CCCCCC(C(=O)O)C(C)(N)C1CCCCC1. The third-order valence-electron chi connectivity index (χ3n) is 4.68. The molecule has 1 aliphatic carbocycles. The predicted octanol–water partition coefficient (Wildman–Crippen LogP) is 3.73. The molecule has 3 heteroatoms. The van der Waals surface area contributed by atoms with Crippen LogP contribution in [0.3, 0.4) is 0 Å². The van der Waals surface area contributed by atoms with E-state index in [4.69, 9.17) is 5.73 Å². The molecule has 3 nitrogen and oxygen atoms in total. The summed E-state index contributed by atoms with van der Waals surface area (Å²) in [6.07, 6.45) is 11.3. The Kier molecular flexibility index (Phi) is 6.56. The van der Waals surface area contributed by atoms with E-state index in [1.165, 1.54) is 19.3 Å². The van der Waals surface area contributed by atoms with Crippen LogP contribution < -0.4 is 5.73 Å². The molecule has 19 heavy (non-hydrogen) atoms. The lowest BCUT2D eigenvalue weighted by Crippen LogP contribution is -2.54. The molecule has 3 N–H and O–H groups in total. The van der Waals surface area contributed by atoms with E-state index in [9.17, 15) is 9.90 Å². The molecule has 0 heterocycles. The summed E-state index contributed by atoms with van der Waals surface area (Å²) in [5.41, 5.74) is 5.88. The maximum Gasteiger partial charge on any atom is 0.308 e. The Hall–Kier alpha value is -0.830. The van der Waals surface area contributed by atoms with Crippen LogP contribution in [0.25, 0.3) is 0 Å². The van der Waals surface area contributed by atoms with Gasteiger partial charge in [0.15, 0.2) is 0 Å². The minimum Gasteiger partial charge on any atom is -0.481 e. The molecule has 2 unspecified atom stereocenters. The average Bonchev–Trinajstić information content (AvgIpc) is 2.39. The monoisotopic (exact) mass is 267 g/mol. The summed E-state index contributed by atoms with van der Waals surface area (Å²) in [5, 5.41) is 9.50. The van der Waals surface area contributed by atoms with Gasteiger partial charge in [0.2, 0.25) is 0 Å². The molecule has 1 rings (SSSR count). The summed E-state index contributed by atoms with van der Waals surface area (Å²) >= 11 is 0. The zero-order valence-electron chi connectivity index (χ0n) is 12.2. The minimum absolute atomic E-state index is 0.363. The molecule has 0 aromatic heterocycles. The van der Waals surface area contributed by atoms with Crippen molar-refractivity contribution in [1.82, 2.24) is 0 Å². The molecule has 0 spiro atoms. The first kappa shape index (κ1) is 16.2. The number of carboxylic acid groups (broad SMARTS) is 1. The fraction of sp³-hybridized carbons (Fsp3) is 0.812. The van der Waals surface area contributed by atoms with Crippen molar-refractivity contribution in [3.63, 3.8) is 0 Å². The molecule has 1 saturated carbocycles. The van der Waals surface area contributed by atoms with Gasteiger partial charge in [0, 0.05) is 5.54 Å². The van der Waals surface area contributed by atoms with Gasteiger partial charge < -0.3 is 10.8 Å². The first-order chi connectivity index (χ1) is 9.00. The summed E-state index contributed by atoms with van der Waals surface area (Å²) in [5.74, 6) is -0.781. The topological polar surface area (TPSA) is 63.3 Å². The van der Waals surface area contributed by atoms with E-state index in [1.54, 1.807) is 0 Å². The molecule has 0 aliphatic heterocycles. The van der Waals surface area contributed by atoms with Gasteiger partial charge in [0.05, 0.1) is 5.92 Å². The molecular formula is C16H29NO2. The van der Waals surface area contributed by atoms with Crippen LogP contribution in [0.2, 0.25) is 0 Å². The van der Waals surface area contributed by atoms with Gasteiger partial charge in [-0.05, 0) is 44.9 Å². The fourth-order valence-electron chi connectivity index (χ4n) is 3.35. The number of rotatable bonds is 8. The quantitative estimate of drug-likeness (QED) is 0.520. The van der Waals surface area contributed by atoms with Crippen LogP contribution in [0, 0.1) is 11.8 Å². The van der Waals surface area contributed by atoms with Crippen LogP contribution in [0.1, 0.15) is 64.7 Å². The van der Waals surface area contributed by atoms with Crippen molar-refractivity contribution >= 4 is 5.97 Å². The third kappa shape index (κ3) is 4.64. The molecule has 1 aliphatic rings. The van der Waals surface area contributed by atoms with Gasteiger partial charge in [0.1, 0.15) is 0 Å². The Morgan fingerprint density at radius 1 is 1.42 bits per heavy atom. The third-order valence-corrected chi connectivity index (χ3v) is 4.68. The number of nitrogens with two attached hydrogens (primary N) is 1. The summed E-state index contributed by atoms with van der Waals surface area (Å²) in [4.78, 5) is 11.6. The second-order valence-electron chi connectivity index (χ2n) is 6.16. The second-order valence-corrected chi connectivity index (χ2v) is 6.16. The lowest BCUT2D eigenvalue weighted by atomic mass is 9.68. The maximum atomic E-state index is 11.6. The van der Waals surface area contributed by atoms with Crippen LogP contribution in [-0.2, 0) is 4.79 Å². The van der Waals surface area contributed by atoms with Crippen molar-refractivity contribution in [2.75, 3.05) is 0 Å². The van der Waals surface area contributed by atoms with Crippen LogP contribution >= 0.6 is 0 Å². The molecular weight excluding hydrogens is 238 g/mol. The van der Waals surface area contributed by atoms with E-state index >= 15 is 0 Å². The number of unbranched alkanes of at least 4 members (excludes halogenated alkanes) is 2. The van der Waals surface area contributed by atoms with Gasteiger partial charge in [-0.2, -0.15) is 0 Å². The van der Waals surface area contributed by atoms with Crippen LogP contribution in [0.5, 0.6) is 0 Å². The van der Waals surface area contributed by atoms with E-state index < -0.39 is 17.4 Å².